The molecule has 0 aliphatic carbocycles. The normalized spacial score (nSPS) is 18.5. The molecular weight excluding hydrogens is 442 g/mol. The first-order valence-electron chi connectivity index (χ1n) is 12.6. The first-order valence-corrected chi connectivity index (χ1v) is 12.6. The molecule has 0 spiro atoms. The predicted molar refractivity (Wildman–Crippen MR) is 139 cm³/mol. The van der Waals surface area contributed by atoms with E-state index in [1.807, 2.05) is 17.0 Å². The fourth-order valence-electron chi connectivity index (χ4n) is 4.53. The van der Waals surface area contributed by atoms with Crippen LogP contribution in [0.25, 0.3) is 0 Å². The van der Waals surface area contributed by atoms with Crippen LogP contribution in [0, 0.1) is 5.92 Å². The molecule has 1 unspecified atom stereocenters. The minimum absolute atomic E-state index is 0.00570. The Bertz CT molecular complexity index is 922. The molecule has 3 rings (SSSR count). The average molecular weight is 484 g/mol. The molecule has 7 nitrogen and oxygen atoms in total. The van der Waals surface area contributed by atoms with Crippen LogP contribution in [-0.2, 0) is 4.74 Å². The van der Waals surface area contributed by atoms with Crippen molar-refractivity contribution in [3.63, 3.8) is 0 Å². The molecule has 1 amide bonds. The van der Waals surface area contributed by atoms with Gasteiger partial charge >= 0.3 is 0 Å². The maximum Gasteiger partial charge on any atom is 0.254 e. The summed E-state index contributed by atoms with van der Waals surface area (Å²) in [6, 6.07) is 16.5. The highest BCUT2D eigenvalue weighted by Crippen LogP contribution is 2.29. The first kappa shape index (κ1) is 27.0. The van der Waals surface area contributed by atoms with Gasteiger partial charge in [0, 0.05) is 69.4 Å². The third-order valence-corrected chi connectivity index (χ3v) is 6.58. The molecule has 0 radical (unpaired) electrons. The van der Waals surface area contributed by atoms with Crippen LogP contribution in [0.4, 0.5) is 0 Å². The molecule has 0 bridgehead atoms. The molecule has 0 aromatic heterocycles. The third kappa shape index (κ3) is 7.43. The summed E-state index contributed by atoms with van der Waals surface area (Å²) in [6.07, 6.45) is 0.764. The number of nitrogens with zero attached hydrogens (tertiary/aromatic N) is 1. The van der Waals surface area contributed by atoms with Crippen molar-refractivity contribution < 1.29 is 19.0 Å². The summed E-state index contributed by atoms with van der Waals surface area (Å²) in [5, 5.41) is 7.29. The van der Waals surface area contributed by atoms with Crippen molar-refractivity contribution in [2.45, 2.75) is 45.3 Å². The molecule has 1 saturated heterocycles. The number of amides is 1. The number of hydrogen-bond acceptors (Lipinski definition) is 6. The van der Waals surface area contributed by atoms with Crippen LogP contribution in [0.2, 0.25) is 0 Å². The van der Waals surface area contributed by atoms with Gasteiger partial charge in [-0.3, -0.25) is 4.79 Å². The zero-order valence-electron chi connectivity index (χ0n) is 21.8. The lowest BCUT2D eigenvalue weighted by Gasteiger charge is -2.33. The van der Waals surface area contributed by atoms with E-state index < -0.39 is 0 Å². The van der Waals surface area contributed by atoms with E-state index in [0.29, 0.717) is 42.7 Å². The average Bonchev–Trinajstić information content (AvgIpc) is 3.31. The molecule has 1 heterocycles. The zero-order valence-corrected chi connectivity index (χ0v) is 21.8. The van der Waals surface area contributed by atoms with Gasteiger partial charge in [-0.1, -0.05) is 30.3 Å². The van der Waals surface area contributed by atoms with Crippen LogP contribution in [-0.4, -0.2) is 70.0 Å². The number of benzene rings is 2. The Morgan fingerprint density at radius 3 is 2.51 bits per heavy atom. The summed E-state index contributed by atoms with van der Waals surface area (Å²) >= 11 is 0. The van der Waals surface area contributed by atoms with Crippen LogP contribution in [0.3, 0.4) is 0 Å². The molecule has 35 heavy (non-hydrogen) atoms. The molecule has 1 fully saturated rings. The maximum absolute atomic E-state index is 13.6. The van der Waals surface area contributed by atoms with Gasteiger partial charge in [0.15, 0.2) is 11.5 Å². The Labute approximate surface area is 210 Å². The fraction of sp³-hybridized carbons (Fsp3) is 0.536. The van der Waals surface area contributed by atoms with Crippen molar-refractivity contribution in [2.75, 3.05) is 47.1 Å². The van der Waals surface area contributed by atoms with Crippen LogP contribution in [0.15, 0.2) is 48.5 Å². The minimum atomic E-state index is 0.00570. The molecule has 2 N–H and O–H groups in total. The highest BCUT2D eigenvalue weighted by Gasteiger charge is 2.32. The highest BCUT2D eigenvalue weighted by atomic mass is 16.5. The van der Waals surface area contributed by atoms with E-state index in [2.05, 4.69) is 55.7 Å². The van der Waals surface area contributed by atoms with E-state index in [-0.39, 0.29) is 24.0 Å². The van der Waals surface area contributed by atoms with Gasteiger partial charge in [-0.2, -0.15) is 0 Å². The van der Waals surface area contributed by atoms with Crippen molar-refractivity contribution in [1.29, 1.82) is 0 Å². The Morgan fingerprint density at radius 2 is 1.83 bits per heavy atom. The Morgan fingerprint density at radius 1 is 1.06 bits per heavy atom. The maximum atomic E-state index is 13.6. The van der Waals surface area contributed by atoms with Gasteiger partial charge in [0.05, 0.1) is 13.7 Å². The van der Waals surface area contributed by atoms with Gasteiger partial charge in [-0.25, -0.2) is 0 Å². The van der Waals surface area contributed by atoms with E-state index in [1.165, 1.54) is 5.56 Å². The second-order valence-corrected chi connectivity index (χ2v) is 9.44. The van der Waals surface area contributed by atoms with E-state index in [0.717, 1.165) is 19.5 Å². The zero-order chi connectivity index (χ0) is 25.2. The fourth-order valence-corrected chi connectivity index (χ4v) is 4.53. The number of carbonyl (C=O) groups excluding carboxylic acids is 1. The van der Waals surface area contributed by atoms with Gasteiger partial charge in [-0.05, 0) is 44.5 Å². The Hall–Kier alpha value is -2.61. The summed E-state index contributed by atoms with van der Waals surface area (Å²) in [6.45, 7) is 9.91. The molecule has 0 saturated carbocycles. The number of carbonyl (C=O) groups is 1. The largest absolute Gasteiger partial charge is 0.493 e. The number of hydrogen-bond donors (Lipinski definition) is 2. The van der Waals surface area contributed by atoms with Crippen LogP contribution in [0.1, 0.15) is 49.2 Å². The number of rotatable bonds is 13. The van der Waals surface area contributed by atoms with E-state index in [4.69, 9.17) is 14.2 Å². The van der Waals surface area contributed by atoms with Crippen LogP contribution < -0.4 is 20.1 Å². The van der Waals surface area contributed by atoms with Gasteiger partial charge in [0.2, 0.25) is 0 Å². The second-order valence-electron chi connectivity index (χ2n) is 9.44. The molecule has 1 aliphatic rings. The molecule has 1 aliphatic heterocycles. The van der Waals surface area contributed by atoms with Crippen molar-refractivity contribution in [1.82, 2.24) is 15.5 Å². The van der Waals surface area contributed by atoms with Crippen molar-refractivity contribution in [3.05, 3.63) is 59.7 Å². The smallest absolute Gasteiger partial charge is 0.254 e. The number of ether oxygens (including phenoxy) is 3. The summed E-state index contributed by atoms with van der Waals surface area (Å²) in [4.78, 5) is 15.6. The van der Waals surface area contributed by atoms with E-state index in [1.54, 1.807) is 26.4 Å². The number of nitrogens with one attached hydrogen (secondary N) is 2. The van der Waals surface area contributed by atoms with Gasteiger partial charge in [-0.15, -0.1) is 0 Å². The summed E-state index contributed by atoms with van der Waals surface area (Å²) in [5.74, 6) is 1.52. The number of methoxy groups -OCH3 is 2. The SMILES string of the molecule is COCCCOc1cc(C(=O)N(C[C@H]2CNC[C@@H]2NC(C)c2ccccc2)C(C)C)ccc1OC. The molecule has 7 heteroatoms. The third-order valence-electron chi connectivity index (χ3n) is 6.58. The minimum Gasteiger partial charge on any atom is -0.493 e. The van der Waals surface area contributed by atoms with Crippen LogP contribution in [0.5, 0.6) is 11.5 Å². The molecule has 2 aromatic carbocycles. The van der Waals surface area contributed by atoms with E-state index >= 15 is 0 Å². The monoisotopic (exact) mass is 483 g/mol. The van der Waals surface area contributed by atoms with Crippen molar-refractivity contribution >= 4 is 5.91 Å². The molecule has 3 atom stereocenters. The summed E-state index contributed by atoms with van der Waals surface area (Å²) in [7, 11) is 3.28. The second kappa shape index (κ2) is 13.5. The van der Waals surface area contributed by atoms with Gasteiger partial charge < -0.3 is 29.7 Å². The lowest BCUT2D eigenvalue weighted by molar-refractivity contribution is 0.0666. The summed E-state index contributed by atoms with van der Waals surface area (Å²) in [5.41, 5.74) is 1.88. The Kier molecular flexibility index (Phi) is 10.4. The lowest BCUT2D eigenvalue weighted by atomic mass is 9.99. The van der Waals surface area contributed by atoms with Gasteiger partial charge in [0.25, 0.3) is 5.91 Å². The quantitative estimate of drug-likeness (QED) is 0.421. The Balaban J connectivity index is 1.70. The lowest BCUT2D eigenvalue weighted by Crippen LogP contribution is -2.46. The topological polar surface area (TPSA) is 72.1 Å². The van der Waals surface area contributed by atoms with Crippen molar-refractivity contribution in [3.8, 4) is 11.5 Å². The van der Waals surface area contributed by atoms with Gasteiger partial charge in [0.1, 0.15) is 0 Å². The first-order chi connectivity index (χ1) is 16.9. The van der Waals surface area contributed by atoms with E-state index in [9.17, 15) is 4.79 Å². The highest BCUT2D eigenvalue weighted by molar-refractivity contribution is 5.95. The standard InChI is InChI=1S/C28H41N3O4/c1-20(2)31(19-24-17-29-18-25(24)30-21(3)22-10-7-6-8-11-22)28(32)23-12-13-26(34-5)27(16-23)35-15-9-14-33-4/h6-8,10-13,16,20-21,24-25,29-30H,9,14-15,17-19H2,1-5H3/t21?,24-,25+/m1/s1. The van der Waals surface area contributed by atoms with Crippen molar-refractivity contribution in [2.24, 2.45) is 5.92 Å². The molecular formula is C28H41N3O4. The molecule has 192 valence electrons. The predicted octanol–water partition coefficient (Wildman–Crippen LogP) is 3.90. The molecule has 2 aromatic rings. The van der Waals surface area contributed by atoms with Crippen LogP contribution >= 0.6 is 0 Å². The summed E-state index contributed by atoms with van der Waals surface area (Å²) < 4.78 is 16.4.